The summed E-state index contributed by atoms with van der Waals surface area (Å²) >= 11 is 0. The van der Waals surface area contributed by atoms with E-state index in [2.05, 4.69) is 33.7 Å². The molecule has 1 aliphatic carbocycles. The number of nitrogens with zero attached hydrogens (tertiary/aromatic N) is 2. The van der Waals surface area contributed by atoms with Crippen molar-refractivity contribution in [1.29, 1.82) is 0 Å². The Labute approximate surface area is 152 Å². The SMILES string of the molecule is O=C(CCc1nc(-c2ccccc2)no1)N[C@H]1CCCc2ccccc21. The lowest BCUT2D eigenvalue weighted by molar-refractivity contribution is -0.122. The minimum Gasteiger partial charge on any atom is -0.349 e. The van der Waals surface area contributed by atoms with Crippen LogP contribution in [0.2, 0.25) is 0 Å². The summed E-state index contributed by atoms with van der Waals surface area (Å²) in [5.74, 6) is 1.07. The van der Waals surface area contributed by atoms with Gasteiger partial charge in [-0.05, 0) is 30.4 Å². The van der Waals surface area contributed by atoms with Crippen LogP contribution in [0.25, 0.3) is 11.4 Å². The number of carbonyl (C=O) groups excluding carboxylic acids is 1. The number of hydrogen-bond acceptors (Lipinski definition) is 4. The molecule has 5 nitrogen and oxygen atoms in total. The van der Waals surface area contributed by atoms with Crippen molar-refractivity contribution >= 4 is 5.91 Å². The van der Waals surface area contributed by atoms with E-state index in [9.17, 15) is 4.79 Å². The zero-order valence-corrected chi connectivity index (χ0v) is 14.5. The highest BCUT2D eigenvalue weighted by Crippen LogP contribution is 2.29. The molecule has 132 valence electrons. The number of carbonyl (C=O) groups is 1. The van der Waals surface area contributed by atoms with Gasteiger partial charge >= 0.3 is 0 Å². The van der Waals surface area contributed by atoms with Gasteiger partial charge in [0.2, 0.25) is 17.6 Å². The third kappa shape index (κ3) is 3.67. The van der Waals surface area contributed by atoms with E-state index in [4.69, 9.17) is 4.52 Å². The minimum absolute atomic E-state index is 0.0196. The van der Waals surface area contributed by atoms with Crippen LogP contribution in [0.3, 0.4) is 0 Å². The van der Waals surface area contributed by atoms with E-state index in [-0.39, 0.29) is 11.9 Å². The van der Waals surface area contributed by atoms with E-state index in [0.29, 0.717) is 24.6 Å². The Kier molecular flexibility index (Phi) is 4.78. The summed E-state index contributed by atoms with van der Waals surface area (Å²) in [6.45, 7) is 0. The van der Waals surface area contributed by atoms with E-state index >= 15 is 0 Å². The Bertz CT molecular complexity index is 889. The van der Waals surface area contributed by atoms with Gasteiger partial charge < -0.3 is 9.84 Å². The summed E-state index contributed by atoms with van der Waals surface area (Å²) in [6.07, 6.45) is 3.97. The second-order valence-corrected chi connectivity index (χ2v) is 6.59. The Morgan fingerprint density at radius 3 is 2.81 bits per heavy atom. The van der Waals surface area contributed by atoms with Crippen LogP contribution in [0.15, 0.2) is 59.1 Å². The molecule has 4 rings (SSSR count). The van der Waals surface area contributed by atoms with Gasteiger partial charge in [-0.25, -0.2) is 0 Å². The molecule has 0 spiro atoms. The second kappa shape index (κ2) is 7.52. The van der Waals surface area contributed by atoms with E-state index in [1.54, 1.807) is 0 Å². The van der Waals surface area contributed by atoms with Crippen LogP contribution in [-0.2, 0) is 17.6 Å². The predicted molar refractivity (Wildman–Crippen MR) is 98.3 cm³/mol. The van der Waals surface area contributed by atoms with E-state index in [1.165, 1.54) is 11.1 Å². The first kappa shape index (κ1) is 16.5. The van der Waals surface area contributed by atoms with Crippen molar-refractivity contribution in [3.63, 3.8) is 0 Å². The lowest BCUT2D eigenvalue weighted by Crippen LogP contribution is -2.31. The molecule has 0 saturated carbocycles. The molecule has 0 radical (unpaired) electrons. The molecule has 0 saturated heterocycles. The fourth-order valence-corrected chi connectivity index (χ4v) is 3.45. The molecule has 0 unspecified atom stereocenters. The average Bonchev–Trinajstić information content (AvgIpc) is 3.17. The maximum atomic E-state index is 12.4. The molecule has 1 N–H and O–H groups in total. The number of nitrogens with one attached hydrogen (secondary N) is 1. The van der Waals surface area contributed by atoms with Gasteiger partial charge in [0.25, 0.3) is 0 Å². The van der Waals surface area contributed by atoms with Crippen molar-refractivity contribution < 1.29 is 9.32 Å². The monoisotopic (exact) mass is 347 g/mol. The van der Waals surface area contributed by atoms with Gasteiger partial charge in [-0.15, -0.1) is 0 Å². The maximum absolute atomic E-state index is 12.4. The van der Waals surface area contributed by atoms with E-state index in [0.717, 1.165) is 24.8 Å². The van der Waals surface area contributed by atoms with Gasteiger partial charge in [0.05, 0.1) is 6.04 Å². The summed E-state index contributed by atoms with van der Waals surface area (Å²) in [4.78, 5) is 16.7. The molecule has 26 heavy (non-hydrogen) atoms. The fourth-order valence-electron chi connectivity index (χ4n) is 3.45. The molecule has 0 aliphatic heterocycles. The molecule has 1 atom stereocenters. The van der Waals surface area contributed by atoms with Gasteiger partial charge in [0.1, 0.15) is 0 Å². The third-order valence-corrected chi connectivity index (χ3v) is 4.77. The number of aryl methyl sites for hydroxylation is 2. The first-order chi connectivity index (χ1) is 12.8. The molecule has 1 aliphatic rings. The van der Waals surface area contributed by atoms with Crippen molar-refractivity contribution in [2.75, 3.05) is 0 Å². The summed E-state index contributed by atoms with van der Waals surface area (Å²) in [7, 11) is 0. The number of benzene rings is 2. The third-order valence-electron chi connectivity index (χ3n) is 4.77. The predicted octanol–water partition coefficient (Wildman–Crippen LogP) is 3.86. The van der Waals surface area contributed by atoms with E-state index in [1.807, 2.05) is 36.4 Å². The Morgan fingerprint density at radius 2 is 1.92 bits per heavy atom. The standard InChI is InChI=1S/C21H21N3O2/c25-19(22-18-12-6-10-15-7-4-5-11-17(15)18)13-14-20-23-21(24-26-20)16-8-2-1-3-9-16/h1-5,7-9,11,18H,6,10,12-14H2,(H,22,25)/t18-/m0/s1. The summed E-state index contributed by atoms with van der Waals surface area (Å²) in [5, 5.41) is 7.15. The molecule has 1 heterocycles. The fraction of sp³-hybridized carbons (Fsp3) is 0.286. The zero-order valence-electron chi connectivity index (χ0n) is 14.5. The highest BCUT2D eigenvalue weighted by atomic mass is 16.5. The second-order valence-electron chi connectivity index (χ2n) is 6.59. The van der Waals surface area contributed by atoms with Crippen molar-refractivity contribution in [3.8, 4) is 11.4 Å². The van der Waals surface area contributed by atoms with Crippen molar-refractivity contribution in [2.24, 2.45) is 0 Å². The van der Waals surface area contributed by atoms with Gasteiger partial charge in [-0.2, -0.15) is 4.98 Å². The Balaban J connectivity index is 1.35. The van der Waals surface area contributed by atoms with Crippen LogP contribution in [-0.4, -0.2) is 16.0 Å². The van der Waals surface area contributed by atoms with Crippen molar-refractivity contribution in [1.82, 2.24) is 15.5 Å². The van der Waals surface area contributed by atoms with E-state index < -0.39 is 0 Å². The average molecular weight is 347 g/mol. The highest BCUT2D eigenvalue weighted by Gasteiger charge is 2.21. The maximum Gasteiger partial charge on any atom is 0.227 e. The molecule has 0 fully saturated rings. The lowest BCUT2D eigenvalue weighted by Gasteiger charge is -2.26. The van der Waals surface area contributed by atoms with Crippen LogP contribution in [0, 0.1) is 0 Å². The van der Waals surface area contributed by atoms with Crippen molar-refractivity contribution in [2.45, 2.75) is 38.1 Å². The summed E-state index contributed by atoms with van der Waals surface area (Å²) < 4.78 is 5.27. The minimum atomic E-state index is 0.0196. The normalized spacial score (nSPS) is 16.1. The number of aromatic nitrogens is 2. The largest absolute Gasteiger partial charge is 0.349 e. The van der Waals surface area contributed by atoms with Gasteiger partial charge in [0.15, 0.2) is 0 Å². The Hall–Kier alpha value is -2.95. The smallest absolute Gasteiger partial charge is 0.227 e. The van der Waals surface area contributed by atoms with Crippen LogP contribution >= 0.6 is 0 Å². The number of fused-ring (bicyclic) bond motifs is 1. The van der Waals surface area contributed by atoms with Gasteiger partial charge in [0, 0.05) is 18.4 Å². The molecular formula is C21H21N3O2. The van der Waals surface area contributed by atoms with Gasteiger partial charge in [-0.1, -0.05) is 59.8 Å². The van der Waals surface area contributed by atoms with Crippen LogP contribution < -0.4 is 5.32 Å². The number of hydrogen-bond donors (Lipinski definition) is 1. The van der Waals surface area contributed by atoms with Crippen molar-refractivity contribution in [3.05, 3.63) is 71.6 Å². The lowest BCUT2D eigenvalue weighted by atomic mass is 9.87. The highest BCUT2D eigenvalue weighted by molar-refractivity contribution is 5.76. The first-order valence-corrected chi connectivity index (χ1v) is 9.05. The summed E-state index contributed by atoms with van der Waals surface area (Å²) in [6, 6.07) is 18.1. The first-order valence-electron chi connectivity index (χ1n) is 9.05. The Morgan fingerprint density at radius 1 is 1.12 bits per heavy atom. The molecule has 1 amide bonds. The van der Waals surface area contributed by atoms with Crippen LogP contribution in [0.5, 0.6) is 0 Å². The van der Waals surface area contributed by atoms with Crippen LogP contribution in [0.1, 0.15) is 42.3 Å². The zero-order chi connectivity index (χ0) is 17.8. The topological polar surface area (TPSA) is 68.0 Å². The molecule has 3 aromatic rings. The molecule has 0 bridgehead atoms. The molecule has 2 aromatic carbocycles. The van der Waals surface area contributed by atoms with Crippen LogP contribution in [0.4, 0.5) is 0 Å². The van der Waals surface area contributed by atoms with Gasteiger partial charge in [-0.3, -0.25) is 4.79 Å². The number of amides is 1. The molecule has 5 heteroatoms. The summed E-state index contributed by atoms with van der Waals surface area (Å²) in [5.41, 5.74) is 3.50. The molecular weight excluding hydrogens is 326 g/mol. The number of rotatable bonds is 5. The molecule has 1 aromatic heterocycles. The quantitative estimate of drug-likeness (QED) is 0.761.